The van der Waals surface area contributed by atoms with Crippen molar-refractivity contribution in [2.45, 2.75) is 306 Å². The van der Waals surface area contributed by atoms with E-state index in [1.54, 1.807) is 0 Å². The van der Waals surface area contributed by atoms with Crippen LogP contribution in [0.15, 0.2) is 24.3 Å². The van der Waals surface area contributed by atoms with Gasteiger partial charge in [-0.15, -0.1) is 0 Å². The number of carbonyl (C=O) groups is 2. The van der Waals surface area contributed by atoms with Gasteiger partial charge in [0.05, 0.1) is 19.8 Å². The second-order valence-electron chi connectivity index (χ2n) is 20.9. The summed E-state index contributed by atoms with van der Waals surface area (Å²) in [5, 5.41) is 72.2. The third kappa shape index (κ3) is 32.4. The Balaban J connectivity index is 1.73. The molecular weight excluding hydrogens is 937 g/mol. The van der Waals surface area contributed by atoms with Crippen LogP contribution in [0.1, 0.15) is 239 Å². The van der Waals surface area contributed by atoms with Crippen molar-refractivity contribution in [1.29, 1.82) is 0 Å². The van der Waals surface area contributed by atoms with Crippen LogP contribution in [0.3, 0.4) is 0 Å². The highest BCUT2D eigenvalue weighted by Gasteiger charge is 2.47. The van der Waals surface area contributed by atoms with Crippen LogP contribution in [-0.2, 0) is 38.0 Å². The molecule has 0 aromatic carbocycles. The Morgan fingerprint density at radius 1 is 0.438 bits per heavy atom. The molecule has 0 aromatic rings. The van der Waals surface area contributed by atoms with Crippen LogP contribution < -0.4 is 0 Å². The Morgan fingerprint density at radius 2 is 0.808 bits per heavy atom. The van der Waals surface area contributed by atoms with Crippen LogP contribution in [0.25, 0.3) is 0 Å². The van der Waals surface area contributed by atoms with Crippen LogP contribution in [0.5, 0.6) is 0 Å². The Kier molecular flexibility index (Phi) is 41.4. The molecule has 0 bridgehead atoms. The SMILES string of the molecule is CCCCCC/C=C/C=C/CCCCCCCC(=O)O[C@@H](COC(=O)CCCCCCCCCCCCCCCCCCCCCCCC)CO[C@@H]1O[C@H](CO[C@@H]2O[C@H](CO)[C@H](O)C(O)C2O)[C@H](O)C(O)C1O. The molecule has 7 N–H and O–H groups in total. The summed E-state index contributed by atoms with van der Waals surface area (Å²) in [6, 6.07) is 0. The van der Waals surface area contributed by atoms with Gasteiger partial charge in [0.1, 0.15) is 55.4 Å². The van der Waals surface area contributed by atoms with Crippen LogP contribution in [-0.4, -0.2) is 142 Å². The highest BCUT2D eigenvalue weighted by molar-refractivity contribution is 5.70. The predicted octanol–water partition coefficient (Wildman–Crippen LogP) is 9.89. The first kappa shape index (κ1) is 67.1. The van der Waals surface area contributed by atoms with Gasteiger partial charge in [-0.05, 0) is 38.5 Å². The number of aliphatic hydroxyl groups is 7. The highest BCUT2D eigenvalue weighted by Crippen LogP contribution is 2.27. The molecule has 15 nitrogen and oxygen atoms in total. The lowest BCUT2D eigenvalue weighted by molar-refractivity contribution is -0.332. The summed E-state index contributed by atoms with van der Waals surface area (Å²) in [6.07, 6.45) is 32.0. The van der Waals surface area contributed by atoms with Gasteiger partial charge in [0.2, 0.25) is 0 Å². The van der Waals surface area contributed by atoms with E-state index in [1.807, 2.05) is 0 Å². The lowest BCUT2D eigenvalue weighted by Crippen LogP contribution is -2.61. The Labute approximate surface area is 441 Å². The van der Waals surface area contributed by atoms with Gasteiger partial charge in [-0.25, -0.2) is 0 Å². The molecule has 0 aliphatic carbocycles. The number of allylic oxidation sites excluding steroid dienone is 4. The van der Waals surface area contributed by atoms with Crippen molar-refractivity contribution in [3.8, 4) is 0 Å². The van der Waals surface area contributed by atoms with E-state index in [-0.39, 0.29) is 26.1 Å². The summed E-state index contributed by atoms with van der Waals surface area (Å²) in [5.74, 6) is -0.930. The molecule has 428 valence electrons. The maximum atomic E-state index is 13.0. The van der Waals surface area contributed by atoms with Crippen molar-refractivity contribution in [2.75, 3.05) is 26.4 Å². The Morgan fingerprint density at radius 3 is 1.26 bits per heavy atom. The highest BCUT2D eigenvalue weighted by atomic mass is 16.7. The predicted molar refractivity (Wildman–Crippen MR) is 284 cm³/mol. The third-order valence-electron chi connectivity index (χ3n) is 14.2. The van der Waals surface area contributed by atoms with Gasteiger partial charge in [-0.3, -0.25) is 9.59 Å². The maximum Gasteiger partial charge on any atom is 0.306 e. The van der Waals surface area contributed by atoms with Crippen molar-refractivity contribution in [3.63, 3.8) is 0 Å². The van der Waals surface area contributed by atoms with Crippen molar-refractivity contribution in [3.05, 3.63) is 24.3 Å². The number of hydrogen-bond acceptors (Lipinski definition) is 15. The molecule has 15 heteroatoms. The normalized spacial score (nSPS) is 24.9. The van der Waals surface area contributed by atoms with E-state index in [1.165, 1.54) is 141 Å². The van der Waals surface area contributed by atoms with Gasteiger partial charge < -0.3 is 64.2 Å². The molecule has 73 heavy (non-hydrogen) atoms. The Hall–Kier alpha value is -2.02. The van der Waals surface area contributed by atoms with Crippen LogP contribution >= 0.6 is 0 Å². The molecule has 11 atom stereocenters. The zero-order valence-electron chi connectivity index (χ0n) is 45.6. The minimum Gasteiger partial charge on any atom is -0.462 e. The molecule has 2 aliphatic heterocycles. The molecule has 2 saturated heterocycles. The second-order valence-corrected chi connectivity index (χ2v) is 20.9. The second kappa shape index (κ2) is 45.0. The lowest BCUT2D eigenvalue weighted by atomic mass is 9.98. The van der Waals surface area contributed by atoms with Crippen LogP contribution in [0.2, 0.25) is 0 Å². The maximum absolute atomic E-state index is 13.0. The van der Waals surface area contributed by atoms with Crippen LogP contribution in [0.4, 0.5) is 0 Å². The van der Waals surface area contributed by atoms with Crippen LogP contribution in [0, 0.1) is 0 Å². The monoisotopic (exact) mass is 1040 g/mol. The van der Waals surface area contributed by atoms with E-state index in [2.05, 4.69) is 38.2 Å². The summed E-state index contributed by atoms with van der Waals surface area (Å²) < 4.78 is 33.7. The smallest absolute Gasteiger partial charge is 0.306 e. The lowest BCUT2D eigenvalue weighted by Gasteiger charge is -2.42. The molecule has 4 unspecified atom stereocenters. The zero-order chi connectivity index (χ0) is 53.2. The molecule has 2 heterocycles. The van der Waals surface area contributed by atoms with Crippen molar-refractivity contribution < 1.29 is 73.8 Å². The van der Waals surface area contributed by atoms with Crippen molar-refractivity contribution in [2.24, 2.45) is 0 Å². The summed E-state index contributed by atoms with van der Waals surface area (Å²) in [4.78, 5) is 25.9. The molecular formula is C58H106O15. The fourth-order valence-electron chi connectivity index (χ4n) is 9.39. The average molecular weight is 1040 g/mol. The van der Waals surface area contributed by atoms with E-state index in [4.69, 9.17) is 28.4 Å². The minimum atomic E-state index is -1.77. The van der Waals surface area contributed by atoms with Gasteiger partial charge >= 0.3 is 11.9 Å². The summed E-state index contributed by atoms with van der Waals surface area (Å²) in [5.41, 5.74) is 0. The first-order valence-corrected chi connectivity index (χ1v) is 29.4. The van der Waals surface area contributed by atoms with Crippen molar-refractivity contribution >= 4 is 11.9 Å². The summed E-state index contributed by atoms with van der Waals surface area (Å²) in [7, 11) is 0. The fourth-order valence-corrected chi connectivity index (χ4v) is 9.39. The molecule has 0 saturated carbocycles. The van der Waals surface area contributed by atoms with E-state index >= 15 is 0 Å². The molecule has 2 fully saturated rings. The summed E-state index contributed by atoms with van der Waals surface area (Å²) >= 11 is 0. The number of carbonyl (C=O) groups excluding carboxylic acids is 2. The zero-order valence-corrected chi connectivity index (χ0v) is 45.6. The van der Waals surface area contributed by atoms with E-state index < -0.39 is 92.7 Å². The standard InChI is InChI=1S/C58H106O15/c1-3-5-7-9-11-13-15-17-19-20-21-22-23-24-25-27-28-30-32-34-36-38-40-49(60)68-43-46(71-50(61)41-39-37-35-33-31-29-26-18-16-14-12-10-8-6-4-2)44-69-57-56(67)54(65)52(63)48(73-57)45-70-58-55(66)53(64)51(62)47(42-59)72-58/h14,16,18,26,46-48,51-59,62-67H,3-13,15,17,19-25,27-45H2,1-2H3/b16-14+,26-18+/t46-,47+,48+,51-,52-,53?,54?,55?,56?,57+,58+/m0/s1. The largest absolute Gasteiger partial charge is 0.462 e. The number of aliphatic hydroxyl groups excluding tert-OH is 7. The first-order chi connectivity index (χ1) is 35.5. The average Bonchev–Trinajstić information content (AvgIpc) is 3.38. The quantitative estimate of drug-likeness (QED) is 0.0171. The Bertz CT molecular complexity index is 1360. The van der Waals surface area contributed by atoms with E-state index in [0.717, 1.165) is 57.8 Å². The molecule has 0 aromatic heterocycles. The molecule has 2 rings (SSSR count). The molecule has 2 aliphatic rings. The number of ether oxygens (including phenoxy) is 6. The van der Waals surface area contributed by atoms with Gasteiger partial charge in [-0.1, -0.05) is 212 Å². The van der Waals surface area contributed by atoms with E-state index in [9.17, 15) is 45.3 Å². The number of rotatable bonds is 47. The first-order valence-electron chi connectivity index (χ1n) is 29.4. The van der Waals surface area contributed by atoms with Gasteiger partial charge in [0.25, 0.3) is 0 Å². The summed E-state index contributed by atoms with van der Waals surface area (Å²) in [6.45, 7) is 2.60. The van der Waals surface area contributed by atoms with E-state index in [0.29, 0.717) is 12.8 Å². The third-order valence-corrected chi connectivity index (χ3v) is 14.2. The van der Waals surface area contributed by atoms with Gasteiger partial charge in [0.15, 0.2) is 18.7 Å². The van der Waals surface area contributed by atoms with Gasteiger partial charge in [0, 0.05) is 12.8 Å². The van der Waals surface area contributed by atoms with Gasteiger partial charge in [-0.2, -0.15) is 0 Å². The topological polar surface area (TPSA) is 231 Å². The minimum absolute atomic E-state index is 0.150. The molecule has 0 spiro atoms. The van der Waals surface area contributed by atoms with Crippen molar-refractivity contribution in [1.82, 2.24) is 0 Å². The molecule has 0 amide bonds. The molecule has 0 radical (unpaired) electrons. The fraction of sp³-hybridized carbons (Fsp3) is 0.897. The number of esters is 2. The number of unbranched alkanes of at least 4 members (excludes halogenated alkanes) is 30. The number of hydrogen-bond donors (Lipinski definition) is 7.